The summed E-state index contributed by atoms with van der Waals surface area (Å²) in [5, 5.41) is 11.0. The van der Waals surface area contributed by atoms with Crippen molar-refractivity contribution in [3.05, 3.63) is 45.4 Å². The van der Waals surface area contributed by atoms with Gasteiger partial charge in [0.25, 0.3) is 0 Å². The van der Waals surface area contributed by atoms with Gasteiger partial charge in [0.2, 0.25) is 0 Å². The predicted molar refractivity (Wildman–Crippen MR) is 99.1 cm³/mol. The van der Waals surface area contributed by atoms with E-state index in [-0.39, 0.29) is 10.8 Å². The third kappa shape index (κ3) is 4.12. The molecule has 1 aliphatic rings. The molecule has 1 aromatic heterocycles. The van der Waals surface area contributed by atoms with Crippen molar-refractivity contribution >= 4 is 34.0 Å². The van der Waals surface area contributed by atoms with Crippen molar-refractivity contribution in [2.45, 2.75) is 12.3 Å². The van der Waals surface area contributed by atoms with E-state index in [1.165, 1.54) is 11.3 Å². The van der Waals surface area contributed by atoms with Crippen LogP contribution in [0.25, 0.3) is 0 Å². The van der Waals surface area contributed by atoms with Crippen molar-refractivity contribution in [3.63, 3.8) is 0 Å². The van der Waals surface area contributed by atoms with Gasteiger partial charge in [-0.25, -0.2) is 9.78 Å². The second-order valence-electron chi connectivity index (χ2n) is 5.80. The third-order valence-electron chi connectivity index (χ3n) is 4.18. The lowest BCUT2D eigenvalue weighted by molar-refractivity contribution is 0.0700. The lowest BCUT2D eigenvalue weighted by atomic mass is 9.92. The highest BCUT2D eigenvalue weighted by molar-refractivity contribution is 7.17. The van der Waals surface area contributed by atoms with E-state index in [0.717, 1.165) is 10.7 Å². The maximum Gasteiger partial charge on any atom is 0.347 e. The number of morpholine rings is 1. The summed E-state index contributed by atoms with van der Waals surface area (Å²) in [6.07, 6.45) is 0.619. The van der Waals surface area contributed by atoms with Gasteiger partial charge in [-0.15, -0.1) is 0 Å². The van der Waals surface area contributed by atoms with Crippen LogP contribution in [0.15, 0.2) is 24.3 Å². The molecule has 0 aliphatic carbocycles. The molecule has 1 fully saturated rings. The van der Waals surface area contributed by atoms with Gasteiger partial charge in [0, 0.05) is 24.0 Å². The van der Waals surface area contributed by atoms with Gasteiger partial charge < -0.3 is 20.5 Å². The molecule has 0 bridgehead atoms. The highest BCUT2D eigenvalue weighted by atomic mass is 35.5. The molecular formula is C17H20ClN3O3S. The Morgan fingerprint density at radius 3 is 2.64 bits per heavy atom. The maximum absolute atomic E-state index is 11.8. The molecule has 0 spiro atoms. The second kappa shape index (κ2) is 8.14. The number of carbonyl (C=O) groups is 1. The maximum atomic E-state index is 11.8. The number of ether oxygens (including phenoxy) is 1. The zero-order chi connectivity index (χ0) is 17.8. The monoisotopic (exact) mass is 381 g/mol. The van der Waals surface area contributed by atoms with E-state index in [9.17, 15) is 9.90 Å². The second-order valence-corrected chi connectivity index (χ2v) is 7.21. The van der Waals surface area contributed by atoms with E-state index in [1.807, 2.05) is 12.1 Å². The van der Waals surface area contributed by atoms with Gasteiger partial charge >= 0.3 is 5.97 Å². The largest absolute Gasteiger partial charge is 0.477 e. The van der Waals surface area contributed by atoms with E-state index in [0.29, 0.717) is 50.0 Å². The normalized spacial score (nSPS) is 16.0. The number of carboxylic acids is 1. The molecule has 8 heteroatoms. The van der Waals surface area contributed by atoms with Crippen LogP contribution in [0.3, 0.4) is 0 Å². The highest BCUT2D eigenvalue weighted by Gasteiger charge is 2.27. The first-order valence-electron chi connectivity index (χ1n) is 8.12. The van der Waals surface area contributed by atoms with Crippen LogP contribution in [0.2, 0.25) is 5.02 Å². The summed E-state index contributed by atoms with van der Waals surface area (Å²) in [6, 6.07) is 7.41. The van der Waals surface area contributed by atoms with Crippen molar-refractivity contribution in [1.82, 2.24) is 4.98 Å². The van der Waals surface area contributed by atoms with Crippen LogP contribution < -0.4 is 10.6 Å². The summed E-state index contributed by atoms with van der Waals surface area (Å²) in [7, 11) is 0. The van der Waals surface area contributed by atoms with Crippen LogP contribution in [0.4, 0.5) is 5.13 Å². The number of halogens is 1. The minimum Gasteiger partial charge on any atom is -0.477 e. The Morgan fingerprint density at radius 2 is 2.04 bits per heavy atom. The summed E-state index contributed by atoms with van der Waals surface area (Å²) in [5.74, 6) is -1.12. The molecule has 2 heterocycles. The first-order chi connectivity index (χ1) is 12.1. The van der Waals surface area contributed by atoms with Crippen LogP contribution in [0.5, 0.6) is 0 Å². The number of nitrogens with zero attached hydrogens (tertiary/aromatic N) is 2. The minimum atomic E-state index is -0.956. The lowest BCUT2D eigenvalue weighted by Crippen LogP contribution is -2.36. The number of anilines is 1. The van der Waals surface area contributed by atoms with Crippen molar-refractivity contribution in [3.8, 4) is 0 Å². The van der Waals surface area contributed by atoms with Crippen LogP contribution in [-0.4, -0.2) is 48.9 Å². The van der Waals surface area contributed by atoms with E-state index in [2.05, 4.69) is 4.90 Å². The molecule has 1 unspecified atom stereocenters. The van der Waals surface area contributed by atoms with Gasteiger partial charge in [-0.05, 0) is 30.7 Å². The smallest absolute Gasteiger partial charge is 0.347 e. The molecule has 6 nitrogen and oxygen atoms in total. The van der Waals surface area contributed by atoms with Crippen LogP contribution in [0, 0.1) is 0 Å². The van der Waals surface area contributed by atoms with Crippen LogP contribution in [0.1, 0.15) is 33.3 Å². The fourth-order valence-electron chi connectivity index (χ4n) is 2.92. The lowest BCUT2D eigenvalue weighted by Gasteiger charge is -2.26. The zero-order valence-corrected chi connectivity index (χ0v) is 15.2. The fraction of sp³-hybridized carbons (Fsp3) is 0.412. The average Bonchev–Trinajstić information content (AvgIpc) is 3.07. The van der Waals surface area contributed by atoms with Gasteiger partial charge in [-0.1, -0.05) is 35.1 Å². The highest BCUT2D eigenvalue weighted by Crippen LogP contribution is 2.36. The predicted octanol–water partition coefficient (Wildman–Crippen LogP) is 2.81. The van der Waals surface area contributed by atoms with Gasteiger partial charge in [0.15, 0.2) is 5.13 Å². The molecule has 25 heavy (non-hydrogen) atoms. The molecule has 0 amide bonds. The number of nitrogens with two attached hydrogens (primary N) is 1. The number of thiazole rings is 1. The summed E-state index contributed by atoms with van der Waals surface area (Å²) in [6.45, 7) is 3.13. The molecule has 3 rings (SSSR count). The molecule has 134 valence electrons. The molecule has 2 aromatic rings. The number of carboxylic acid groups (broad SMARTS) is 1. The number of hydrogen-bond donors (Lipinski definition) is 2. The van der Waals surface area contributed by atoms with Crippen molar-refractivity contribution in [1.29, 1.82) is 0 Å². The summed E-state index contributed by atoms with van der Waals surface area (Å²) >= 11 is 7.19. The Morgan fingerprint density at radius 1 is 1.36 bits per heavy atom. The van der Waals surface area contributed by atoms with Gasteiger partial charge in [0.1, 0.15) is 4.88 Å². The van der Waals surface area contributed by atoms with E-state index in [1.54, 1.807) is 12.1 Å². The molecule has 0 radical (unpaired) electrons. The average molecular weight is 382 g/mol. The Hall–Kier alpha value is -1.67. The molecule has 0 saturated carbocycles. The fourth-order valence-corrected chi connectivity index (χ4v) is 4.07. The number of aromatic nitrogens is 1. The standard InChI is InChI=1S/C17H20ClN3O3S/c18-12-3-1-11(2-4-12)13(5-6-19)14-15(16(22)23)25-17(20-14)21-7-9-24-10-8-21/h1-4,13H,5-10,19H2,(H,22,23). The quantitative estimate of drug-likeness (QED) is 0.799. The van der Waals surface area contributed by atoms with Crippen molar-refractivity contribution in [2.75, 3.05) is 37.7 Å². The first-order valence-corrected chi connectivity index (χ1v) is 9.32. The number of hydrogen-bond acceptors (Lipinski definition) is 6. The number of benzene rings is 1. The summed E-state index contributed by atoms with van der Waals surface area (Å²) in [5.41, 5.74) is 7.33. The topological polar surface area (TPSA) is 88.7 Å². The third-order valence-corrected chi connectivity index (χ3v) is 5.55. The van der Waals surface area contributed by atoms with E-state index < -0.39 is 5.97 Å². The zero-order valence-electron chi connectivity index (χ0n) is 13.7. The van der Waals surface area contributed by atoms with Gasteiger partial charge in [0.05, 0.1) is 18.9 Å². The Labute approximate surface area is 155 Å². The Kier molecular flexibility index (Phi) is 5.90. The number of rotatable bonds is 6. The van der Waals surface area contributed by atoms with E-state index in [4.69, 9.17) is 27.1 Å². The molecular weight excluding hydrogens is 362 g/mol. The molecule has 1 aromatic carbocycles. The SMILES string of the molecule is NCCC(c1ccc(Cl)cc1)c1nc(N2CCOCC2)sc1C(=O)O. The summed E-state index contributed by atoms with van der Waals surface area (Å²) in [4.78, 5) is 18.8. The van der Waals surface area contributed by atoms with Crippen molar-refractivity contribution < 1.29 is 14.6 Å². The van der Waals surface area contributed by atoms with Gasteiger partial charge in [-0.2, -0.15) is 0 Å². The van der Waals surface area contributed by atoms with Crippen LogP contribution in [-0.2, 0) is 4.74 Å². The number of aromatic carboxylic acids is 1. The summed E-state index contributed by atoms with van der Waals surface area (Å²) < 4.78 is 5.36. The van der Waals surface area contributed by atoms with Crippen LogP contribution >= 0.6 is 22.9 Å². The molecule has 1 aliphatic heterocycles. The Balaban J connectivity index is 2.00. The molecule has 1 atom stereocenters. The minimum absolute atomic E-state index is 0.167. The molecule has 3 N–H and O–H groups in total. The van der Waals surface area contributed by atoms with E-state index >= 15 is 0 Å². The molecule has 1 saturated heterocycles. The first kappa shape index (κ1) is 18.1. The van der Waals surface area contributed by atoms with Crippen molar-refractivity contribution in [2.24, 2.45) is 5.73 Å². The van der Waals surface area contributed by atoms with Gasteiger partial charge in [-0.3, -0.25) is 0 Å². The Bertz CT molecular complexity index is 729.